The second kappa shape index (κ2) is 6.85. The van der Waals surface area contributed by atoms with E-state index in [0.717, 1.165) is 16.4 Å². The van der Waals surface area contributed by atoms with Crippen molar-refractivity contribution in [3.05, 3.63) is 40.9 Å². The predicted octanol–water partition coefficient (Wildman–Crippen LogP) is 2.75. The van der Waals surface area contributed by atoms with E-state index in [1.54, 1.807) is 30.5 Å². The summed E-state index contributed by atoms with van der Waals surface area (Å²) >= 11 is 1.49. The number of rotatable bonds is 6. The zero-order chi connectivity index (χ0) is 15.2. The molecule has 0 aliphatic heterocycles. The van der Waals surface area contributed by atoms with E-state index >= 15 is 0 Å². The van der Waals surface area contributed by atoms with Gasteiger partial charge in [0.1, 0.15) is 5.75 Å². The minimum atomic E-state index is -0.997. The Morgan fingerprint density at radius 3 is 2.76 bits per heavy atom. The van der Waals surface area contributed by atoms with Crippen molar-refractivity contribution in [3.8, 4) is 5.75 Å². The van der Waals surface area contributed by atoms with Gasteiger partial charge in [0, 0.05) is 5.38 Å². The van der Waals surface area contributed by atoms with E-state index in [2.05, 4.69) is 15.5 Å². The van der Waals surface area contributed by atoms with E-state index in [1.165, 1.54) is 18.3 Å². The molecule has 0 radical (unpaired) electrons. The number of ether oxygens (including phenoxy) is 1. The molecule has 1 aromatic carbocycles. The maximum atomic E-state index is 10.7. The standard InChI is InChI=1S/C14H15N3O3S/c1-9-8-21-14(16-9)17-15-7-11-3-5-12(6-4-11)20-10(2)13(18)19/h3-8,10H,1-2H3,(H,16,17)(H,18,19). The number of hydrogen-bond acceptors (Lipinski definition) is 6. The van der Waals surface area contributed by atoms with Crippen LogP contribution in [0.2, 0.25) is 0 Å². The molecule has 1 atom stereocenters. The van der Waals surface area contributed by atoms with Crippen LogP contribution in [0.4, 0.5) is 5.13 Å². The third-order valence-corrected chi connectivity index (χ3v) is 3.40. The second-order valence-electron chi connectivity index (χ2n) is 4.33. The fourth-order valence-corrected chi connectivity index (χ4v) is 2.09. The van der Waals surface area contributed by atoms with Crippen LogP contribution in [0.5, 0.6) is 5.75 Å². The summed E-state index contributed by atoms with van der Waals surface area (Å²) in [6.45, 7) is 3.40. The van der Waals surface area contributed by atoms with E-state index in [0.29, 0.717) is 5.75 Å². The highest BCUT2D eigenvalue weighted by Gasteiger charge is 2.11. The lowest BCUT2D eigenvalue weighted by molar-refractivity contribution is -0.144. The zero-order valence-electron chi connectivity index (χ0n) is 11.6. The molecule has 2 rings (SSSR count). The number of aromatic nitrogens is 1. The summed E-state index contributed by atoms with van der Waals surface area (Å²) in [5, 5.41) is 15.5. The van der Waals surface area contributed by atoms with Gasteiger partial charge in [0.25, 0.3) is 0 Å². The Morgan fingerprint density at radius 1 is 1.48 bits per heavy atom. The molecule has 0 amide bonds. The molecular weight excluding hydrogens is 290 g/mol. The number of carbonyl (C=O) groups is 1. The fraction of sp³-hybridized carbons (Fsp3) is 0.214. The maximum Gasteiger partial charge on any atom is 0.344 e. The van der Waals surface area contributed by atoms with Gasteiger partial charge in [0.2, 0.25) is 5.13 Å². The van der Waals surface area contributed by atoms with Crippen molar-refractivity contribution in [2.45, 2.75) is 20.0 Å². The number of aryl methyl sites for hydroxylation is 1. The highest BCUT2D eigenvalue weighted by molar-refractivity contribution is 7.13. The van der Waals surface area contributed by atoms with Crippen molar-refractivity contribution < 1.29 is 14.6 Å². The van der Waals surface area contributed by atoms with Crippen LogP contribution in [-0.2, 0) is 4.79 Å². The first-order valence-electron chi connectivity index (χ1n) is 6.25. The maximum absolute atomic E-state index is 10.7. The number of aliphatic carboxylic acids is 1. The van der Waals surface area contributed by atoms with Crippen LogP contribution in [-0.4, -0.2) is 28.4 Å². The highest BCUT2D eigenvalue weighted by atomic mass is 32.1. The van der Waals surface area contributed by atoms with Crippen LogP contribution >= 0.6 is 11.3 Å². The molecule has 0 spiro atoms. The number of nitrogens with zero attached hydrogens (tertiary/aromatic N) is 2. The van der Waals surface area contributed by atoms with E-state index < -0.39 is 12.1 Å². The molecule has 0 bridgehead atoms. The molecule has 1 heterocycles. The summed E-state index contributed by atoms with van der Waals surface area (Å²) in [6, 6.07) is 6.99. The molecule has 2 N–H and O–H groups in total. The summed E-state index contributed by atoms with van der Waals surface area (Å²) in [7, 11) is 0. The van der Waals surface area contributed by atoms with Gasteiger partial charge in [-0.2, -0.15) is 5.10 Å². The zero-order valence-corrected chi connectivity index (χ0v) is 12.4. The minimum Gasteiger partial charge on any atom is -0.479 e. The van der Waals surface area contributed by atoms with Gasteiger partial charge in [-0.15, -0.1) is 11.3 Å². The largest absolute Gasteiger partial charge is 0.479 e. The first-order chi connectivity index (χ1) is 10.0. The Hall–Kier alpha value is -2.41. The van der Waals surface area contributed by atoms with E-state index in [9.17, 15) is 4.79 Å². The van der Waals surface area contributed by atoms with Gasteiger partial charge in [-0.05, 0) is 43.7 Å². The number of nitrogens with one attached hydrogen (secondary N) is 1. The minimum absolute atomic E-state index is 0.505. The van der Waals surface area contributed by atoms with Crippen LogP contribution in [0.25, 0.3) is 0 Å². The smallest absolute Gasteiger partial charge is 0.344 e. The average Bonchev–Trinajstić information content (AvgIpc) is 2.86. The molecule has 0 fully saturated rings. The predicted molar refractivity (Wildman–Crippen MR) is 82.2 cm³/mol. The molecule has 2 aromatic rings. The SMILES string of the molecule is Cc1csc(NN=Cc2ccc(OC(C)C(=O)O)cc2)n1. The van der Waals surface area contributed by atoms with Crippen LogP contribution in [0.15, 0.2) is 34.7 Å². The van der Waals surface area contributed by atoms with Crippen molar-refractivity contribution in [2.75, 3.05) is 5.43 Å². The Balaban J connectivity index is 1.91. The van der Waals surface area contributed by atoms with Crippen molar-refractivity contribution >= 4 is 28.7 Å². The molecule has 1 aromatic heterocycles. The first kappa shape index (κ1) is 15.0. The monoisotopic (exact) mass is 305 g/mol. The fourth-order valence-electron chi connectivity index (χ4n) is 1.45. The number of hydrazone groups is 1. The lowest BCUT2D eigenvalue weighted by atomic mass is 10.2. The molecule has 1 unspecified atom stereocenters. The van der Waals surface area contributed by atoms with E-state index in [-0.39, 0.29) is 0 Å². The van der Waals surface area contributed by atoms with Crippen molar-refractivity contribution in [1.82, 2.24) is 4.98 Å². The number of hydrogen-bond donors (Lipinski definition) is 2. The molecule has 6 nitrogen and oxygen atoms in total. The Kier molecular flexibility index (Phi) is 4.89. The van der Waals surface area contributed by atoms with Crippen molar-refractivity contribution in [1.29, 1.82) is 0 Å². The molecule has 0 aliphatic rings. The molecule has 0 aliphatic carbocycles. The second-order valence-corrected chi connectivity index (χ2v) is 5.19. The summed E-state index contributed by atoms with van der Waals surface area (Å²) < 4.78 is 5.24. The normalized spacial score (nSPS) is 12.3. The van der Waals surface area contributed by atoms with Crippen molar-refractivity contribution in [3.63, 3.8) is 0 Å². The Labute approximate surface area is 126 Å². The van der Waals surface area contributed by atoms with Gasteiger partial charge in [0.05, 0.1) is 11.9 Å². The molecular formula is C14H15N3O3S. The topological polar surface area (TPSA) is 83.8 Å². The van der Waals surface area contributed by atoms with Gasteiger partial charge in [0.15, 0.2) is 6.10 Å². The number of thiazole rings is 1. The summed E-state index contributed by atoms with van der Waals surface area (Å²) in [5.41, 5.74) is 4.66. The van der Waals surface area contributed by atoms with Crippen LogP contribution in [0.1, 0.15) is 18.2 Å². The van der Waals surface area contributed by atoms with Crippen molar-refractivity contribution in [2.24, 2.45) is 5.10 Å². The third-order valence-electron chi connectivity index (χ3n) is 2.53. The summed E-state index contributed by atoms with van der Waals surface area (Å²) in [4.78, 5) is 14.9. The Morgan fingerprint density at radius 2 is 2.19 bits per heavy atom. The first-order valence-corrected chi connectivity index (χ1v) is 7.13. The highest BCUT2D eigenvalue weighted by Crippen LogP contribution is 2.15. The van der Waals surface area contributed by atoms with Gasteiger partial charge >= 0.3 is 5.97 Å². The molecule has 21 heavy (non-hydrogen) atoms. The Bertz CT molecular complexity index is 637. The van der Waals surface area contributed by atoms with Gasteiger partial charge in [-0.1, -0.05) is 0 Å². The van der Waals surface area contributed by atoms with E-state index in [4.69, 9.17) is 9.84 Å². The lowest BCUT2D eigenvalue weighted by Crippen LogP contribution is -2.22. The molecule has 0 saturated carbocycles. The van der Waals surface area contributed by atoms with Gasteiger partial charge in [-0.3, -0.25) is 5.43 Å². The molecule has 7 heteroatoms. The van der Waals surface area contributed by atoms with Crippen LogP contribution in [0.3, 0.4) is 0 Å². The molecule has 110 valence electrons. The third kappa shape index (κ3) is 4.57. The number of carboxylic acid groups (broad SMARTS) is 1. The van der Waals surface area contributed by atoms with E-state index in [1.807, 2.05) is 12.3 Å². The van der Waals surface area contributed by atoms with Crippen LogP contribution in [0, 0.1) is 6.92 Å². The van der Waals surface area contributed by atoms with Crippen LogP contribution < -0.4 is 10.2 Å². The number of carboxylic acids is 1. The van der Waals surface area contributed by atoms with Gasteiger partial charge in [-0.25, -0.2) is 9.78 Å². The lowest BCUT2D eigenvalue weighted by Gasteiger charge is -2.09. The van der Waals surface area contributed by atoms with Gasteiger partial charge < -0.3 is 9.84 Å². The quantitative estimate of drug-likeness (QED) is 0.633. The average molecular weight is 305 g/mol. The number of anilines is 1. The summed E-state index contributed by atoms with van der Waals surface area (Å²) in [5.74, 6) is -0.492. The molecule has 0 saturated heterocycles. The number of benzene rings is 1. The summed E-state index contributed by atoms with van der Waals surface area (Å²) in [6.07, 6.45) is 0.778.